The standard InChI is InChI=1S/C17H28N2O4S2.CH2O2/c1-3-9-18(4-2)10-11-22-12-14-24-25-15-13-23-17-7-5-16(6-8-17)19(20)21;2-1-3/h5-8H,3-4,9-15H2,1-2H3;1H,(H,2,3). The van der Waals surface area contributed by atoms with Crippen LogP contribution in [0.25, 0.3) is 0 Å². The molecule has 0 aliphatic heterocycles. The summed E-state index contributed by atoms with van der Waals surface area (Å²) in [6.45, 7) is 9.50. The van der Waals surface area contributed by atoms with E-state index in [9.17, 15) is 10.1 Å². The Morgan fingerprint density at radius 3 is 2.25 bits per heavy atom. The third kappa shape index (κ3) is 14.6. The van der Waals surface area contributed by atoms with Crippen LogP contribution < -0.4 is 4.74 Å². The number of rotatable bonds is 15. The van der Waals surface area contributed by atoms with E-state index in [0.717, 1.165) is 44.4 Å². The molecule has 0 unspecified atom stereocenters. The summed E-state index contributed by atoms with van der Waals surface area (Å²) in [5.74, 6) is 2.48. The van der Waals surface area contributed by atoms with E-state index in [1.54, 1.807) is 33.7 Å². The molecule has 0 bridgehead atoms. The van der Waals surface area contributed by atoms with Gasteiger partial charge in [-0.3, -0.25) is 14.9 Å². The molecular formula is C18H30N2O6S2. The van der Waals surface area contributed by atoms with E-state index in [0.29, 0.717) is 12.4 Å². The number of nitrogens with zero attached hydrogens (tertiary/aromatic N) is 2. The molecule has 10 heteroatoms. The van der Waals surface area contributed by atoms with Crippen molar-refractivity contribution in [3.8, 4) is 5.75 Å². The molecule has 0 heterocycles. The van der Waals surface area contributed by atoms with Gasteiger partial charge in [0, 0.05) is 30.2 Å². The fourth-order valence-electron chi connectivity index (χ4n) is 2.11. The minimum absolute atomic E-state index is 0.0778. The third-order valence-electron chi connectivity index (χ3n) is 3.42. The van der Waals surface area contributed by atoms with E-state index >= 15 is 0 Å². The smallest absolute Gasteiger partial charge is 0.290 e. The molecule has 0 saturated carbocycles. The molecule has 0 atom stereocenters. The highest BCUT2D eigenvalue weighted by Crippen LogP contribution is 2.21. The predicted molar refractivity (Wildman–Crippen MR) is 115 cm³/mol. The summed E-state index contributed by atoms with van der Waals surface area (Å²) in [4.78, 5) is 20.9. The van der Waals surface area contributed by atoms with Crippen molar-refractivity contribution < 1.29 is 24.3 Å². The summed E-state index contributed by atoms with van der Waals surface area (Å²) in [5, 5.41) is 17.5. The Morgan fingerprint density at radius 2 is 1.71 bits per heavy atom. The second kappa shape index (κ2) is 18.9. The van der Waals surface area contributed by atoms with E-state index in [1.807, 2.05) is 0 Å². The highest BCUT2D eigenvalue weighted by molar-refractivity contribution is 8.76. The van der Waals surface area contributed by atoms with Crippen molar-refractivity contribution in [2.24, 2.45) is 0 Å². The molecular weight excluding hydrogens is 404 g/mol. The molecule has 0 spiro atoms. The molecule has 8 nitrogen and oxygen atoms in total. The molecule has 160 valence electrons. The molecule has 0 fully saturated rings. The van der Waals surface area contributed by atoms with Crippen molar-refractivity contribution in [3.05, 3.63) is 34.4 Å². The topological polar surface area (TPSA) is 102 Å². The molecule has 0 radical (unpaired) electrons. The normalized spacial score (nSPS) is 10.2. The molecule has 0 aromatic heterocycles. The number of hydrogen-bond donors (Lipinski definition) is 1. The van der Waals surface area contributed by atoms with Gasteiger partial charge >= 0.3 is 0 Å². The molecule has 1 aromatic carbocycles. The number of benzene rings is 1. The zero-order valence-corrected chi connectivity index (χ0v) is 18.1. The third-order valence-corrected chi connectivity index (χ3v) is 5.75. The first kappa shape index (κ1) is 26.5. The summed E-state index contributed by atoms with van der Waals surface area (Å²) in [5.41, 5.74) is 0.0778. The highest BCUT2D eigenvalue weighted by atomic mass is 33.1. The van der Waals surface area contributed by atoms with Crippen LogP contribution in [-0.2, 0) is 9.53 Å². The fourth-order valence-corrected chi connectivity index (χ4v) is 3.80. The van der Waals surface area contributed by atoms with Gasteiger partial charge in [-0.1, -0.05) is 35.4 Å². The Morgan fingerprint density at radius 1 is 1.11 bits per heavy atom. The average molecular weight is 435 g/mol. The van der Waals surface area contributed by atoms with Crippen LogP contribution in [0.15, 0.2) is 24.3 Å². The minimum Gasteiger partial charge on any atom is -0.493 e. The van der Waals surface area contributed by atoms with Gasteiger partial charge in [0.15, 0.2) is 0 Å². The lowest BCUT2D eigenvalue weighted by molar-refractivity contribution is -0.384. The van der Waals surface area contributed by atoms with E-state index in [-0.39, 0.29) is 12.2 Å². The van der Waals surface area contributed by atoms with Gasteiger partial charge in [-0.2, -0.15) is 0 Å². The van der Waals surface area contributed by atoms with Crippen molar-refractivity contribution in [1.82, 2.24) is 4.90 Å². The summed E-state index contributed by atoms with van der Waals surface area (Å²) in [6, 6.07) is 6.16. The maximum Gasteiger partial charge on any atom is 0.290 e. The van der Waals surface area contributed by atoms with Crippen molar-refractivity contribution in [1.29, 1.82) is 0 Å². The molecule has 28 heavy (non-hydrogen) atoms. The lowest BCUT2D eigenvalue weighted by Gasteiger charge is -2.19. The maximum absolute atomic E-state index is 10.6. The van der Waals surface area contributed by atoms with Crippen LogP contribution in [0, 0.1) is 10.1 Å². The first-order chi connectivity index (χ1) is 13.6. The molecule has 1 rings (SSSR count). The fraction of sp³-hybridized carbons (Fsp3) is 0.611. The first-order valence-corrected chi connectivity index (χ1v) is 11.6. The Hall–Kier alpha value is -1.49. The Labute approximate surface area is 174 Å². The monoisotopic (exact) mass is 434 g/mol. The SMILES string of the molecule is CCCN(CC)CCOCCSSCCOc1ccc([N+](=O)[O-])cc1.O=CO. The van der Waals surface area contributed by atoms with Crippen LogP contribution in [0.5, 0.6) is 5.75 Å². The van der Waals surface area contributed by atoms with Gasteiger partial charge in [0.05, 0.1) is 24.7 Å². The van der Waals surface area contributed by atoms with Crippen LogP contribution in [0.1, 0.15) is 20.3 Å². The van der Waals surface area contributed by atoms with Gasteiger partial charge in [0.25, 0.3) is 12.2 Å². The zero-order valence-electron chi connectivity index (χ0n) is 16.5. The lowest BCUT2D eigenvalue weighted by Crippen LogP contribution is -2.28. The van der Waals surface area contributed by atoms with E-state index in [4.69, 9.17) is 19.4 Å². The summed E-state index contributed by atoms with van der Waals surface area (Å²) in [7, 11) is 3.53. The van der Waals surface area contributed by atoms with Crippen LogP contribution in [0.3, 0.4) is 0 Å². The molecule has 0 amide bonds. The zero-order chi connectivity index (χ0) is 21.0. The number of carbonyl (C=O) groups is 1. The number of likely N-dealkylation sites (N-methyl/N-ethyl adjacent to an activating group) is 1. The maximum atomic E-state index is 10.6. The number of non-ortho nitro benzene ring substituents is 1. The summed E-state index contributed by atoms with van der Waals surface area (Å²) in [6.07, 6.45) is 1.18. The number of carboxylic acid groups (broad SMARTS) is 1. The molecule has 0 aliphatic rings. The summed E-state index contributed by atoms with van der Waals surface area (Å²) >= 11 is 0. The molecule has 0 aliphatic carbocycles. The van der Waals surface area contributed by atoms with Gasteiger partial charge in [0.1, 0.15) is 5.75 Å². The van der Waals surface area contributed by atoms with E-state index in [1.165, 1.54) is 18.6 Å². The van der Waals surface area contributed by atoms with Gasteiger partial charge in [-0.25, -0.2) is 0 Å². The number of nitro groups is 1. The molecule has 1 N–H and O–H groups in total. The lowest BCUT2D eigenvalue weighted by atomic mass is 10.3. The van der Waals surface area contributed by atoms with Crippen molar-refractivity contribution >= 4 is 33.7 Å². The summed E-state index contributed by atoms with van der Waals surface area (Å²) < 4.78 is 11.2. The number of nitro benzene ring substituents is 1. The average Bonchev–Trinajstić information content (AvgIpc) is 2.69. The van der Waals surface area contributed by atoms with Gasteiger partial charge in [-0.15, -0.1) is 0 Å². The Bertz CT molecular complexity index is 519. The van der Waals surface area contributed by atoms with Gasteiger partial charge in [0.2, 0.25) is 0 Å². The quantitative estimate of drug-likeness (QED) is 0.145. The Balaban J connectivity index is 0.00000227. The first-order valence-electron chi connectivity index (χ1n) is 9.08. The highest BCUT2D eigenvalue weighted by Gasteiger charge is 2.04. The van der Waals surface area contributed by atoms with Gasteiger partial charge in [-0.05, 0) is 31.6 Å². The molecule has 1 aromatic rings. The van der Waals surface area contributed by atoms with Crippen LogP contribution in [0.4, 0.5) is 5.69 Å². The number of hydrogen-bond acceptors (Lipinski definition) is 8. The van der Waals surface area contributed by atoms with Crippen molar-refractivity contribution in [3.63, 3.8) is 0 Å². The largest absolute Gasteiger partial charge is 0.493 e. The minimum atomic E-state index is -0.415. The Kier molecular flexibility index (Phi) is 17.9. The van der Waals surface area contributed by atoms with Gasteiger partial charge < -0.3 is 19.5 Å². The molecule has 0 saturated heterocycles. The predicted octanol–water partition coefficient (Wildman–Crippen LogP) is 3.80. The number of ether oxygens (including phenoxy) is 2. The second-order valence-electron chi connectivity index (χ2n) is 5.40. The van der Waals surface area contributed by atoms with Crippen molar-refractivity contribution in [2.45, 2.75) is 20.3 Å². The van der Waals surface area contributed by atoms with Crippen LogP contribution in [-0.4, -0.2) is 72.4 Å². The van der Waals surface area contributed by atoms with Crippen LogP contribution in [0.2, 0.25) is 0 Å². The van der Waals surface area contributed by atoms with Crippen LogP contribution >= 0.6 is 21.6 Å². The van der Waals surface area contributed by atoms with E-state index in [2.05, 4.69) is 18.7 Å². The second-order valence-corrected chi connectivity index (χ2v) is 8.10. The van der Waals surface area contributed by atoms with Crippen molar-refractivity contribution in [2.75, 3.05) is 51.0 Å². The van der Waals surface area contributed by atoms with E-state index < -0.39 is 4.92 Å².